The summed E-state index contributed by atoms with van der Waals surface area (Å²) in [6.45, 7) is 1.71. The zero-order chi connectivity index (χ0) is 26.7. The van der Waals surface area contributed by atoms with E-state index in [0.29, 0.717) is 22.1 Å². The number of sulfonamides is 1. The third-order valence-corrected chi connectivity index (χ3v) is 9.98. The lowest BCUT2D eigenvalue weighted by Gasteiger charge is -2.41. The molecule has 37 heavy (non-hydrogen) atoms. The Morgan fingerprint density at radius 3 is 2.24 bits per heavy atom. The molecule has 1 aliphatic heterocycles. The third-order valence-electron chi connectivity index (χ3n) is 6.47. The molecule has 0 aliphatic carbocycles. The molecule has 1 fully saturated rings. The molecule has 0 spiro atoms. The Hall–Kier alpha value is -2.72. The molecule has 0 unspecified atom stereocenters. The summed E-state index contributed by atoms with van der Waals surface area (Å²) in [5, 5.41) is 10.3. The van der Waals surface area contributed by atoms with Gasteiger partial charge in [-0.2, -0.15) is 4.31 Å². The van der Waals surface area contributed by atoms with Crippen LogP contribution in [-0.4, -0.2) is 49.8 Å². The summed E-state index contributed by atoms with van der Waals surface area (Å²) < 4.78 is 39.9. The minimum absolute atomic E-state index is 0.122. The lowest BCUT2D eigenvalue weighted by molar-refractivity contribution is -0.143. The second kappa shape index (κ2) is 11.3. The van der Waals surface area contributed by atoms with Crippen LogP contribution in [0.5, 0.6) is 11.5 Å². The van der Waals surface area contributed by atoms with Crippen molar-refractivity contribution < 1.29 is 27.8 Å². The van der Waals surface area contributed by atoms with Crippen molar-refractivity contribution in [1.82, 2.24) is 4.31 Å². The molecule has 10 heteroatoms. The van der Waals surface area contributed by atoms with E-state index in [1.165, 1.54) is 30.3 Å². The van der Waals surface area contributed by atoms with Crippen molar-refractivity contribution in [3.63, 3.8) is 0 Å². The number of rotatable bonds is 8. The summed E-state index contributed by atoms with van der Waals surface area (Å²) in [5.74, 6) is -0.973. The van der Waals surface area contributed by atoms with Crippen molar-refractivity contribution in [2.24, 2.45) is 5.92 Å². The van der Waals surface area contributed by atoms with Crippen LogP contribution >= 0.6 is 23.4 Å². The van der Waals surface area contributed by atoms with Crippen molar-refractivity contribution in [3.05, 3.63) is 82.9 Å². The average molecular weight is 562 g/mol. The molecule has 196 valence electrons. The molecule has 3 aromatic rings. The molecule has 1 saturated heterocycles. The molecule has 0 amide bonds. The van der Waals surface area contributed by atoms with Gasteiger partial charge in [0.05, 0.1) is 31.1 Å². The zero-order valence-corrected chi connectivity index (χ0v) is 23.0. The van der Waals surface area contributed by atoms with Gasteiger partial charge in [-0.3, -0.25) is 4.79 Å². The second-order valence-electron chi connectivity index (χ2n) is 8.81. The summed E-state index contributed by atoms with van der Waals surface area (Å²) in [7, 11) is -0.961. The standard InChI is InChI=1S/C27H28ClNO6S2/c1-17-4-11-21(12-5-17)37(32,33)29-16-22(27(30)31)26(36-20-9-7-19(28)8-10-20)15-23(29)18-6-13-24(34-2)25(14-18)35-3/h4-14,22-23,26H,15-16H2,1-3H3,(H,30,31)/t22-,23+,26-/m1/s1. The van der Waals surface area contributed by atoms with E-state index in [-0.39, 0.29) is 23.1 Å². The molecule has 1 N–H and O–H groups in total. The summed E-state index contributed by atoms with van der Waals surface area (Å²) in [4.78, 5) is 13.4. The molecule has 0 saturated carbocycles. The van der Waals surface area contributed by atoms with Crippen molar-refractivity contribution in [2.45, 2.75) is 34.4 Å². The highest BCUT2D eigenvalue weighted by Crippen LogP contribution is 2.45. The number of benzene rings is 3. The van der Waals surface area contributed by atoms with Gasteiger partial charge in [-0.15, -0.1) is 11.8 Å². The van der Waals surface area contributed by atoms with Crippen molar-refractivity contribution in [2.75, 3.05) is 20.8 Å². The summed E-state index contributed by atoms with van der Waals surface area (Å²) in [5.41, 5.74) is 1.62. The number of hydrogen-bond donors (Lipinski definition) is 1. The predicted octanol–water partition coefficient (Wildman–Crippen LogP) is 5.66. The first-order chi connectivity index (χ1) is 17.6. The van der Waals surface area contributed by atoms with Crippen LogP contribution in [0.1, 0.15) is 23.6 Å². The zero-order valence-electron chi connectivity index (χ0n) is 20.6. The van der Waals surface area contributed by atoms with Gasteiger partial charge in [0, 0.05) is 21.7 Å². The molecular weight excluding hydrogens is 534 g/mol. The normalized spacial score (nSPS) is 20.4. The quantitative estimate of drug-likeness (QED) is 0.379. The highest BCUT2D eigenvalue weighted by Gasteiger charge is 2.45. The Balaban J connectivity index is 1.79. The molecule has 7 nitrogen and oxygen atoms in total. The molecule has 4 rings (SSSR count). The van der Waals surface area contributed by atoms with E-state index in [9.17, 15) is 18.3 Å². The van der Waals surface area contributed by atoms with E-state index >= 15 is 0 Å². The van der Waals surface area contributed by atoms with Crippen LogP contribution in [0, 0.1) is 12.8 Å². The van der Waals surface area contributed by atoms with E-state index < -0.39 is 28.0 Å². The van der Waals surface area contributed by atoms with Gasteiger partial charge in [0.1, 0.15) is 0 Å². The van der Waals surface area contributed by atoms with Gasteiger partial charge in [0.15, 0.2) is 11.5 Å². The predicted molar refractivity (Wildman–Crippen MR) is 144 cm³/mol. The molecule has 0 bridgehead atoms. The highest BCUT2D eigenvalue weighted by atomic mass is 35.5. The molecule has 1 aliphatic rings. The number of aryl methyl sites for hydroxylation is 1. The summed E-state index contributed by atoms with van der Waals surface area (Å²) >= 11 is 7.45. The maximum Gasteiger partial charge on any atom is 0.308 e. The first kappa shape index (κ1) is 27.3. The number of carboxylic acid groups (broad SMARTS) is 1. The van der Waals surface area contributed by atoms with Crippen LogP contribution in [0.3, 0.4) is 0 Å². The number of hydrogen-bond acceptors (Lipinski definition) is 6. The van der Waals surface area contributed by atoms with Gasteiger partial charge in [0.25, 0.3) is 0 Å². The minimum atomic E-state index is -4.01. The van der Waals surface area contributed by atoms with Crippen LogP contribution in [0.4, 0.5) is 0 Å². The van der Waals surface area contributed by atoms with Gasteiger partial charge < -0.3 is 14.6 Å². The van der Waals surface area contributed by atoms with Crippen LogP contribution in [-0.2, 0) is 14.8 Å². The molecule has 3 aromatic carbocycles. The van der Waals surface area contributed by atoms with E-state index in [0.717, 1.165) is 10.5 Å². The van der Waals surface area contributed by atoms with Crippen LogP contribution in [0.2, 0.25) is 5.02 Å². The third kappa shape index (κ3) is 5.90. The number of carboxylic acids is 1. The summed E-state index contributed by atoms with van der Waals surface area (Å²) in [6, 6.07) is 18.4. The fourth-order valence-electron chi connectivity index (χ4n) is 4.47. The van der Waals surface area contributed by atoms with Gasteiger partial charge in [0.2, 0.25) is 10.0 Å². The molecule has 0 aromatic heterocycles. The Kier molecular flexibility index (Phi) is 8.38. The number of nitrogens with zero attached hydrogens (tertiary/aromatic N) is 1. The lowest BCUT2D eigenvalue weighted by atomic mass is 9.90. The van der Waals surface area contributed by atoms with Crippen LogP contribution in [0.15, 0.2) is 76.5 Å². The molecule has 1 heterocycles. The van der Waals surface area contributed by atoms with E-state index in [1.54, 1.807) is 54.6 Å². The summed E-state index contributed by atoms with van der Waals surface area (Å²) in [6.07, 6.45) is 0.283. The van der Waals surface area contributed by atoms with E-state index in [1.807, 2.05) is 19.1 Å². The SMILES string of the molecule is COc1ccc([C@@H]2C[C@@H](Sc3ccc(Cl)cc3)[C@H](C(=O)O)CN2S(=O)(=O)c2ccc(C)cc2)cc1OC. The fraction of sp³-hybridized carbons (Fsp3) is 0.296. The number of methoxy groups -OCH3 is 2. The van der Waals surface area contributed by atoms with E-state index in [2.05, 4.69) is 0 Å². The van der Waals surface area contributed by atoms with Crippen LogP contribution < -0.4 is 9.47 Å². The monoisotopic (exact) mass is 561 g/mol. The van der Waals surface area contributed by atoms with Gasteiger partial charge in [-0.25, -0.2) is 8.42 Å². The van der Waals surface area contributed by atoms with Crippen LogP contribution in [0.25, 0.3) is 0 Å². The molecular formula is C27H28ClNO6S2. The number of piperidine rings is 1. The van der Waals surface area contributed by atoms with Crippen molar-refractivity contribution in [3.8, 4) is 11.5 Å². The molecule has 0 radical (unpaired) electrons. The largest absolute Gasteiger partial charge is 0.493 e. The molecule has 3 atom stereocenters. The number of ether oxygens (including phenoxy) is 2. The Morgan fingerprint density at radius 2 is 1.65 bits per heavy atom. The Bertz CT molecular complexity index is 1360. The van der Waals surface area contributed by atoms with Crippen molar-refractivity contribution >= 4 is 39.4 Å². The van der Waals surface area contributed by atoms with Gasteiger partial charge in [-0.1, -0.05) is 35.4 Å². The maximum atomic E-state index is 13.9. The number of thioether (sulfide) groups is 1. The lowest BCUT2D eigenvalue weighted by Crippen LogP contribution is -2.49. The van der Waals surface area contributed by atoms with E-state index in [4.69, 9.17) is 21.1 Å². The minimum Gasteiger partial charge on any atom is -0.493 e. The highest BCUT2D eigenvalue weighted by molar-refractivity contribution is 8.00. The number of carbonyl (C=O) groups is 1. The topological polar surface area (TPSA) is 93.1 Å². The number of aliphatic carboxylic acids is 1. The maximum absolute atomic E-state index is 13.9. The smallest absolute Gasteiger partial charge is 0.308 e. The first-order valence-electron chi connectivity index (χ1n) is 11.6. The Labute approximate surface area is 226 Å². The Morgan fingerprint density at radius 1 is 1.00 bits per heavy atom. The number of halogens is 1. The van der Waals surface area contributed by atoms with Crippen molar-refractivity contribution in [1.29, 1.82) is 0 Å². The van der Waals surface area contributed by atoms with Gasteiger partial charge in [-0.05, 0) is 67.4 Å². The average Bonchev–Trinajstić information content (AvgIpc) is 2.89. The second-order valence-corrected chi connectivity index (χ2v) is 12.4. The first-order valence-corrected chi connectivity index (χ1v) is 14.3. The van der Waals surface area contributed by atoms with Gasteiger partial charge >= 0.3 is 5.97 Å². The fourth-order valence-corrected chi connectivity index (χ4v) is 7.53.